The van der Waals surface area contributed by atoms with Gasteiger partial charge in [-0.3, -0.25) is 0 Å². The maximum absolute atomic E-state index is 9.98. The van der Waals surface area contributed by atoms with Gasteiger partial charge in [-0.05, 0) is 35.0 Å². The number of halogens is 1. The van der Waals surface area contributed by atoms with E-state index >= 15 is 0 Å². The topological polar surface area (TPSA) is 99.4 Å². The Morgan fingerprint density at radius 3 is 2.39 bits per heavy atom. The molecule has 0 bridgehead atoms. The first-order valence-corrected chi connectivity index (χ1v) is 7.95. The quantitative estimate of drug-likeness (QED) is 0.624. The van der Waals surface area contributed by atoms with Crippen LogP contribution in [0, 0.1) is 0 Å². The van der Waals surface area contributed by atoms with E-state index in [0.717, 1.165) is 15.2 Å². The number of ether oxygens (including phenoxy) is 2. The fraction of sp³-hybridized carbons (Fsp3) is 0.375. The Morgan fingerprint density at radius 2 is 1.65 bits per heavy atom. The molecule has 4 N–H and O–H groups in total. The van der Waals surface area contributed by atoms with Gasteiger partial charge in [0.25, 0.3) is 0 Å². The van der Waals surface area contributed by atoms with Gasteiger partial charge < -0.3 is 29.9 Å². The Hall–Kier alpha value is -1.22. The highest BCUT2D eigenvalue weighted by atomic mass is 79.9. The molecule has 0 spiro atoms. The first kappa shape index (κ1) is 16.6. The van der Waals surface area contributed by atoms with E-state index in [1.54, 1.807) is 12.1 Å². The number of aliphatic hydroxyl groups is 4. The molecule has 1 aliphatic rings. The van der Waals surface area contributed by atoms with E-state index in [1.165, 1.54) is 0 Å². The van der Waals surface area contributed by atoms with Gasteiger partial charge in [0, 0.05) is 4.47 Å². The Kier molecular flexibility index (Phi) is 4.86. The van der Waals surface area contributed by atoms with Gasteiger partial charge in [-0.25, -0.2) is 0 Å². The molecule has 0 saturated carbocycles. The normalized spacial score (nSPS) is 31.3. The third kappa shape index (κ3) is 3.35. The minimum Gasteiger partial charge on any atom is -0.462 e. The summed E-state index contributed by atoms with van der Waals surface area (Å²) in [5.74, 6) is 0.448. The second kappa shape index (κ2) is 6.72. The maximum atomic E-state index is 9.98. The summed E-state index contributed by atoms with van der Waals surface area (Å²) >= 11 is 3.41. The third-order valence-corrected chi connectivity index (χ3v) is 4.37. The fourth-order valence-electron chi connectivity index (χ4n) is 2.57. The van der Waals surface area contributed by atoms with Crippen molar-refractivity contribution in [1.82, 2.24) is 0 Å². The van der Waals surface area contributed by atoms with Crippen LogP contribution < -0.4 is 4.74 Å². The van der Waals surface area contributed by atoms with Crippen LogP contribution in [-0.4, -0.2) is 57.7 Å². The van der Waals surface area contributed by atoms with Crippen molar-refractivity contribution in [3.63, 3.8) is 0 Å². The summed E-state index contributed by atoms with van der Waals surface area (Å²) in [6.07, 6.45) is -6.45. The summed E-state index contributed by atoms with van der Waals surface area (Å²) in [6, 6.07) is 11.1. The van der Waals surface area contributed by atoms with Crippen molar-refractivity contribution in [2.24, 2.45) is 0 Å². The average molecular weight is 385 g/mol. The SMILES string of the molecule is OCC1OC(Oc2ccc3cc(Br)ccc3c2)C(O)C(O)C1O. The molecular weight excluding hydrogens is 368 g/mol. The highest BCUT2D eigenvalue weighted by Gasteiger charge is 2.44. The molecular formula is C16H17BrO6. The summed E-state index contributed by atoms with van der Waals surface area (Å²) in [4.78, 5) is 0. The van der Waals surface area contributed by atoms with Crippen LogP contribution in [0.2, 0.25) is 0 Å². The molecule has 5 atom stereocenters. The van der Waals surface area contributed by atoms with E-state index in [2.05, 4.69) is 15.9 Å². The molecule has 0 aromatic heterocycles. The lowest BCUT2D eigenvalue weighted by Gasteiger charge is -2.39. The molecule has 1 saturated heterocycles. The first-order valence-electron chi connectivity index (χ1n) is 7.16. The lowest BCUT2D eigenvalue weighted by molar-refractivity contribution is -0.277. The van der Waals surface area contributed by atoms with E-state index < -0.39 is 37.3 Å². The van der Waals surface area contributed by atoms with Crippen molar-refractivity contribution >= 4 is 26.7 Å². The average Bonchev–Trinajstić information content (AvgIpc) is 2.55. The minimum atomic E-state index is -1.46. The molecule has 7 heteroatoms. The second-order valence-electron chi connectivity index (χ2n) is 5.47. The zero-order chi connectivity index (χ0) is 16.6. The van der Waals surface area contributed by atoms with Gasteiger partial charge in [-0.1, -0.05) is 28.1 Å². The van der Waals surface area contributed by atoms with Crippen LogP contribution in [0.3, 0.4) is 0 Å². The summed E-state index contributed by atoms with van der Waals surface area (Å²) in [6.45, 7) is -0.490. The van der Waals surface area contributed by atoms with Gasteiger partial charge in [0.1, 0.15) is 30.2 Å². The third-order valence-electron chi connectivity index (χ3n) is 3.87. The summed E-state index contributed by atoms with van der Waals surface area (Å²) < 4.78 is 11.9. The van der Waals surface area contributed by atoms with Crippen LogP contribution in [-0.2, 0) is 4.74 Å². The Labute approximate surface area is 141 Å². The van der Waals surface area contributed by atoms with Crippen LogP contribution in [0.15, 0.2) is 40.9 Å². The highest BCUT2D eigenvalue weighted by Crippen LogP contribution is 2.28. The van der Waals surface area contributed by atoms with E-state index in [-0.39, 0.29) is 0 Å². The molecule has 1 heterocycles. The molecule has 2 aromatic carbocycles. The Bertz CT molecular complexity index is 691. The molecule has 0 radical (unpaired) electrons. The lowest BCUT2D eigenvalue weighted by Crippen LogP contribution is -2.60. The van der Waals surface area contributed by atoms with Gasteiger partial charge in [0.2, 0.25) is 6.29 Å². The van der Waals surface area contributed by atoms with Crippen LogP contribution >= 0.6 is 15.9 Å². The zero-order valence-electron chi connectivity index (χ0n) is 12.0. The lowest BCUT2D eigenvalue weighted by atomic mass is 9.99. The molecule has 2 aromatic rings. The molecule has 3 rings (SSSR count). The van der Waals surface area contributed by atoms with E-state index in [4.69, 9.17) is 9.47 Å². The molecule has 6 nitrogen and oxygen atoms in total. The van der Waals surface area contributed by atoms with Crippen LogP contribution in [0.25, 0.3) is 10.8 Å². The van der Waals surface area contributed by atoms with E-state index in [1.807, 2.05) is 24.3 Å². The predicted molar refractivity (Wildman–Crippen MR) is 86.0 cm³/mol. The Morgan fingerprint density at radius 1 is 0.957 bits per heavy atom. The zero-order valence-corrected chi connectivity index (χ0v) is 13.6. The minimum absolute atomic E-state index is 0.448. The van der Waals surface area contributed by atoms with Crippen molar-refractivity contribution in [3.8, 4) is 5.75 Å². The summed E-state index contributed by atoms with van der Waals surface area (Å²) in [5.41, 5.74) is 0. The molecule has 5 unspecified atom stereocenters. The van der Waals surface area contributed by atoms with Gasteiger partial charge in [-0.2, -0.15) is 0 Å². The van der Waals surface area contributed by atoms with Gasteiger partial charge in [0.15, 0.2) is 0 Å². The standard InChI is InChI=1S/C16H17BrO6/c17-10-3-1-9-6-11(4-2-8(9)5-10)22-16-15(21)14(20)13(19)12(7-18)23-16/h1-6,12-16,18-21H,7H2. The number of fused-ring (bicyclic) bond motifs is 1. The number of aliphatic hydroxyl groups excluding tert-OH is 4. The molecule has 0 aliphatic carbocycles. The van der Waals surface area contributed by atoms with Gasteiger partial charge >= 0.3 is 0 Å². The first-order chi connectivity index (χ1) is 11.0. The summed E-state index contributed by atoms with van der Waals surface area (Å²) in [5, 5.41) is 40.6. The van der Waals surface area contributed by atoms with E-state index in [0.29, 0.717) is 5.75 Å². The maximum Gasteiger partial charge on any atom is 0.229 e. The van der Waals surface area contributed by atoms with Gasteiger partial charge in [0.05, 0.1) is 6.61 Å². The highest BCUT2D eigenvalue weighted by molar-refractivity contribution is 9.10. The van der Waals surface area contributed by atoms with Crippen molar-refractivity contribution in [2.45, 2.75) is 30.7 Å². The fourth-order valence-corrected chi connectivity index (χ4v) is 2.95. The number of hydrogen-bond acceptors (Lipinski definition) is 6. The van der Waals surface area contributed by atoms with Crippen molar-refractivity contribution in [2.75, 3.05) is 6.61 Å². The number of rotatable bonds is 3. The van der Waals surface area contributed by atoms with Crippen LogP contribution in [0.5, 0.6) is 5.75 Å². The number of hydrogen-bond donors (Lipinski definition) is 4. The largest absolute Gasteiger partial charge is 0.462 e. The Balaban J connectivity index is 1.81. The smallest absolute Gasteiger partial charge is 0.229 e. The predicted octanol–water partition coefficient (Wildman–Crippen LogP) is 0.781. The van der Waals surface area contributed by atoms with E-state index in [9.17, 15) is 20.4 Å². The molecule has 1 aliphatic heterocycles. The summed E-state index contributed by atoms with van der Waals surface area (Å²) in [7, 11) is 0. The molecule has 23 heavy (non-hydrogen) atoms. The van der Waals surface area contributed by atoms with Crippen LogP contribution in [0.4, 0.5) is 0 Å². The molecule has 1 fully saturated rings. The molecule has 124 valence electrons. The van der Waals surface area contributed by atoms with Crippen molar-refractivity contribution in [1.29, 1.82) is 0 Å². The van der Waals surface area contributed by atoms with Gasteiger partial charge in [-0.15, -0.1) is 0 Å². The monoisotopic (exact) mass is 384 g/mol. The second-order valence-corrected chi connectivity index (χ2v) is 6.38. The van der Waals surface area contributed by atoms with Crippen molar-refractivity contribution in [3.05, 3.63) is 40.9 Å². The molecule has 0 amide bonds. The van der Waals surface area contributed by atoms with Crippen molar-refractivity contribution < 1.29 is 29.9 Å². The van der Waals surface area contributed by atoms with Crippen LogP contribution in [0.1, 0.15) is 0 Å². The number of benzene rings is 2.